The molecule has 0 amide bonds. The van der Waals surface area contributed by atoms with Gasteiger partial charge in [0.25, 0.3) is 0 Å². The summed E-state index contributed by atoms with van der Waals surface area (Å²) in [6.45, 7) is 5.34. The van der Waals surface area contributed by atoms with Gasteiger partial charge in [0, 0.05) is 25.7 Å². The lowest BCUT2D eigenvalue weighted by atomic mass is 10.1. The summed E-state index contributed by atoms with van der Waals surface area (Å²) >= 11 is 4.88. The predicted molar refractivity (Wildman–Crippen MR) is 82.5 cm³/mol. The molecule has 1 aliphatic rings. The van der Waals surface area contributed by atoms with E-state index in [-0.39, 0.29) is 10.9 Å². The Bertz CT molecular complexity index is 599. The maximum absolute atomic E-state index is 12.4. The van der Waals surface area contributed by atoms with Gasteiger partial charge in [-0.05, 0) is 26.7 Å². The monoisotopic (exact) mass is 332 g/mol. The van der Waals surface area contributed by atoms with Crippen LogP contribution in [0.4, 0.5) is 0 Å². The summed E-state index contributed by atoms with van der Waals surface area (Å²) in [5.74, 6) is 0.311. The number of hydrogen-bond acceptors (Lipinski definition) is 6. The van der Waals surface area contributed by atoms with E-state index in [1.54, 1.807) is 13.8 Å². The Morgan fingerprint density at radius 3 is 2.57 bits per heavy atom. The lowest BCUT2D eigenvalue weighted by Crippen LogP contribution is -2.46. The molecule has 0 unspecified atom stereocenters. The van der Waals surface area contributed by atoms with Crippen LogP contribution in [0.5, 0.6) is 0 Å². The number of rotatable bonds is 5. The molecule has 2 rings (SSSR count). The third kappa shape index (κ3) is 4.00. The minimum atomic E-state index is -3.59. The standard InChI is InChI=1S/C12H20N4O3S2/c1-8-12(9(2)19-14-8)21(17,18)15-10-3-5-16(6-4-10)7-11(13)20/h10,15H,3-7H2,1-2H3,(H2,13,20). The highest BCUT2D eigenvalue weighted by Crippen LogP contribution is 2.20. The van der Waals surface area contributed by atoms with Crippen molar-refractivity contribution in [2.24, 2.45) is 5.73 Å². The Morgan fingerprint density at radius 2 is 2.10 bits per heavy atom. The molecule has 21 heavy (non-hydrogen) atoms. The third-order valence-corrected chi connectivity index (χ3v) is 5.42. The topological polar surface area (TPSA) is 101 Å². The molecule has 0 atom stereocenters. The zero-order chi connectivity index (χ0) is 15.6. The van der Waals surface area contributed by atoms with Gasteiger partial charge in [-0.25, -0.2) is 13.1 Å². The van der Waals surface area contributed by atoms with Gasteiger partial charge in [0.15, 0.2) is 5.76 Å². The molecule has 1 aromatic rings. The quantitative estimate of drug-likeness (QED) is 0.749. The van der Waals surface area contributed by atoms with Gasteiger partial charge >= 0.3 is 0 Å². The van der Waals surface area contributed by atoms with Crippen LogP contribution in [0.3, 0.4) is 0 Å². The average molecular weight is 332 g/mol. The van der Waals surface area contributed by atoms with Crippen LogP contribution in [-0.4, -0.2) is 49.1 Å². The Kier molecular flexibility index (Phi) is 4.97. The highest BCUT2D eigenvalue weighted by molar-refractivity contribution is 7.89. The van der Waals surface area contributed by atoms with Crippen LogP contribution < -0.4 is 10.5 Å². The molecule has 0 aromatic carbocycles. The molecule has 1 fully saturated rings. The lowest BCUT2D eigenvalue weighted by Gasteiger charge is -2.31. The van der Waals surface area contributed by atoms with Crippen molar-refractivity contribution in [2.75, 3.05) is 19.6 Å². The predicted octanol–water partition coefficient (Wildman–Crippen LogP) is 0.320. The number of likely N-dealkylation sites (tertiary alicyclic amines) is 1. The van der Waals surface area contributed by atoms with Crippen LogP contribution in [0.1, 0.15) is 24.3 Å². The number of thiocarbonyl (C=S) groups is 1. The first-order valence-electron chi connectivity index (χ1n) is 6.75. The number of aromatic nitrogens is 1. The zero-order valence-electron chi connectivity index (χ0n) is 12.1. The van der Waals surface area contributed by atoms with E-state index in [1.807, 2.05) is 0 Å². The number of sulfonamides is 1. The summed E-state index contributed by atoms with van der Waals surface area (Å²) in [4.78, 5) is 2.74. The van der Waals surface area contributed by atoms with Crippen LogP contribution in [0, 0.1) is 13.8 Å². The minimum Gasteiger partial charge on any atom is -0.392 e. The van der Waals surface area contributed by atoms with Crippen molar-refractivity contribution in [3.63, 3.8) is 0 Å². The van der Waals surface area contributed by atoms with Gasteiger partial charge in [-0.2, -0.15) is 0 Å². The molecular formula is C12H20N4O3S2. The second kappa shape index (κ2) is 6.39. The van der Waals surface area contributed by atoms with Crippen molar-refractivity contribution in [1.82, 2.24) is 14.8 Å². The van der Waals surface area contributed by atoms with Gasteiger partial charge in [-0.15, -0.1) is 0 Å². The molecular weight excluding hydrogens is 312 g/mol. The number of aryl methyl sites for hydroxylation is 2. The fourth-order valence-corrected chi connectivity index (χ4v) is 4.38. The van der Waals surface area contributed by atoms with Crippen LogP contribution >= 0.6 is 12.2 Å². The molecule has 2 heterocycles. The Labute approximate surface area is 129 Å². The number of nitrogens with zero attached hydrogens (tertiary/aromatic N) is 2. The van der Waals surface area contributed by atoms with Crippen LogP contribution in [0.2, 0.25) is 0 Å². The molecule has 7 nitrogen and oxygen atoms in total. The molecule has 1 aliphatic heterocycles. The summed E-state index contributed by atoms with van der Waals surface area (Å²) in [7, 11) is -3.59. The number of nitrogens with two attached hydrogens (primary N) is 1. The lowest BCUT2D eigenvalue weighted by molar-refractivity contribution is 0.232. The first kappa shape index (κ1) is 16.3. The van der Waals surface area contributed by atoms with Crippen molar-refractivity contribution in [3.8, 4) is 0 Å². The second-order valence-electron chi connectivity index (χ2n) is 5.29. The summed E-state index contributed by atoms with van der Waals surface area (Å²) < 4.78 is 32.5. The Morgan fingerprint density at radius 1 is 1.48 bits per heavy atom. The van der Waals surface area contributed by atoms with Gasteiger partial charge in [-0.3, -0.25) is 4.90 Å². The fraction of sp³-hybridized carbons (Fsp3) is 0.667. The summed E-state index contributed by atoms with van der Waals surface area (Å²) in [5.41, 5.74) is 5.90. The van der Waals surface area contributed by atoms with E-state index in [4.69, 9.17) is 22.5 Å². The van der Waals surface area contributed by atoms with Crippen molar-refractivity contribution in [1.29, 1.82) is 0 Å². The second-order valence-corrected chi connectivity index (χ2v) is 7.47. The summed E-state index contributed by atoms with van der Waals surface area (Å²) in [5, 5.41) is 3.69. The van der Waals surface area contributed by atoms with E-state index in [2.05, 4.69) is 14.8 Å². The van der Waals surface area contributed by atoms with Gasteiger partial charge < -0.3 is 10.3 Å². The van der Waals surface area contributed by atoms with Gasteiger partial charge in [0.05, 0.1) is 4.99 Å². The van der Waals surface area contributed by atoms with E-state index in [0.29, 0.717) is 23.0 Å². The van der Waals surface area contributed by atoms with Crippen molar-refractivity contribution < 1.29 is 12.9 Å². The summed E-state index contributed by atoms with van der Waals surface area (Å²) in [6, 6.07) is -0.0914. The number of piperidine rings is 1. The Hall–Kier alpha value is -1.03. The molecule has 1 aromatic heterocycles. The van der Waals surface area contributed by atoms with E-state index in [9.17, 15) is 8.42 Å². The molecule has 0 radical (unpaired) electrons. The normalized spacial score (nSPS) is 18.0. The van der Waals surface area contributed by atoms with E-state index in [0.717, 1.165) is 25.9 Å². The van der Waals surface area contributed by atoms with Crippen molar-refractivity contribution in [2.45, 2.75) is 37.6 Å². The first-order chi connectivity index (χ1) is 9.79. The van der Waals surface area contributed by atoms with Gasteiger partial charge in [0.2, 0.25) is 10.0 Å². The van der Waals surface area contributed by atoms with E-state index in [1.165, 1.54) is 0 Å². The molecule has 118 valence electrons. The van der Waals surface area contributed by atoms with Crippen molar-refractivity contribution in [3.05, 3.63) is 11.5 Å². The summed E-state index contributed by atoms with van der Waals surface area (Å²) in [6.07, 6.45) is 1.45. The Balaban J connectivity index is 1.99. The maximum atomic E-state index is 12.4. The fourth-order valence-electron chi connectivity index (χ4n) is 2.57. The van der Waals surface area contributed by atoms with Crippen LogP contribution in [-0.2, 0) is 10.0 Å². The zero-order valence-corrected chi connectivity index (χ0v) is 13.8. The molecule has 3 N–H and O–H groups in total. The molecule has 9 heteroatoms. The van der Waals surface area contributed by atoms with Crippen LogP contribution in [0.25, 0.3) is 0 Å². The molecule has 0 bridgehead atoms. The van der Waals surface area contributed by atoms with Gasteiger partial charge in [-0.1, -0.05) is 17.4 Å². The highest BCUT2D eigenvalue weighted by Gasteiger charge is 2.29. The third-order valence-electron chi connectivity index (χ3n) is 3.53. The average Bonchev–Trinajstić information content (AvgIpc) is 2.71. The highest BCUT2D eigenvalue weighted by atomic mass is 32.2. The number of nitrogens with one attached hydrogen (secondary N) is 1. The molecule has 0 spiro atoms. The SMILES string of the molecule is Cc1noc(C)c1S(=O)(=O)NC1CCN(CC(N)=S)CC1. The smallest absolute Gasteiger partial charge is 0.246 e. The molecule has 0 aliphatic carbocycles. The molecule has 1 saturated heterocycles. The number of hydrogen-bond donors (Lipinski definition) is 2. The van der Waals surface area contributed by atoms with E-state index >= 15 is 0 Å². The van der Waals surface area contributed by atoms with Crippen molar-refractivity contribution >= 4 is 27.2 Å². The largest absolute Gasteiger partial charge is 0.392 e. The first-order valence-corrected chi connectivity index (χ1v) is 8.64. The van der Waals surface area contributed by atoms with Crippen LogP contribution in [0.15, 0.2) is 9.42 Å². The van der Waals surface area contributed by atoms with Gasteiger partial charge in [0.1, 0.15) is 10.6 Å². The maximum Gasteiger partial charge on any atom is 0.246 e. The van der Waals surface area contributed by atoms with E-state index < -0.39 is 10.0 Å². The molecule has 0 saturated carbocycles. The minimum absolute atomic E-state index is 0.0914.